The van der Waals surface area contributed by atoms with Crippen molar-refractivity contribution in [3.05, 3.63) is 47.6 Å². The van der Waals surface area contributed by atoms with E-state index in [-0.39, 0.29) is 10.8 Å². The minimum absolute atomic E-state index is 0.172. The summed E-state index contributed by atoms with van der Waals surface area (Å²) in [7, 11) is 0. The van der Waals surface area contributed by atoms with Crippen LogP contribution in [0, 0.1) is 82.9 Å². The van der Waals surface area contributed by atoms with Crippen LogP contribution in [0.1, 0.15) is 104 Å². The van der Waals surface area contributed by atoms with Crippen LogP contribution >= 0.6 is 0 Å². The maximum Gasteiger partial charge on any atom is 0.155 e. The van der Waals surface area contributed by atoms with Crippen LogP contribution in [0.4, 0.5) is 0 Å². The molecule has 8 aliphatic rings. The summed E-state index contributed by atoms with van der Waals surface area (Å²) in [6, 6.07) is 0. The number of hydrogen-bond donors (Lipinski definition) is 2. The summed E-state index contributed by atoms with van der Waals surface area (Å²) in [6.07, 6.45) is 37.6. The van der Waals surface area contributed by atoms with Crippen LogP contribution in [0.3, 0.4) is 0 Å². The van der Waals surface area contributed by atoms with Gasteiger partial charge in [-0.15, -0.1) is 12.8 Å². The van der Waals surface area contributed by atoms with Crippen LogP contribution in [-0.4, -0.2) is 33.0 Å². The monoisotopic (exact) mass is 620 g/mol. The summed E-state index contributed by atoms with van der Waals surface area (Å²) in [5.74, 6) is 10.6. The van der Waals surface area contributed by atoms with Gasteiger partial charge < -0.3 is 10.2 Å². The van der Waals surface area contributed by atoms with Gasteiger partial charge in [0.1, 0.15) is 11.2 Å². The first kappa shape index (κ1) is 31.9. The molecule has 12 atom stereocenters. The Bertz CT molecular complexity index is 1390. The quantitative estimate of drug-likeness (QED) is 0.251. The zero-order valence-corrected chi connectivity index (χ0v) is 27.8. The standard InChI is InChI=1S/2C21H26O2/c2*1-3-20-11-9-17-16-8-6-15(22)13-14(16)5-7-18(17)19(20)10-12-21(20,23)4-2/h2*2,10,12-13,16-19,23H,3,5-9,11H2,1H3/t2*16-,17+,18+,19-,20-,21-/m00/s1. The Kier molecular flexibility index (Phi) is 7.98. The average Bonchev–Trinajstić information content (AvgIpc) is 3.56. The van der Waals surface area contributed by atoms with Gasteiger partial charge in [0.15, 0.2) is 11.6 Å². The first-order chi connectivity index (χ1) is 22.1. The molecule has 0 amide bonds. The highest BCUT2D eigenvalue weighted by molar-refractivity contribution is 5.91. The van der Waals surface area contributed by atoms with Crippen LogP contribution in [0.5, 0.6) is 0 Å². The number of carbonyl (C=O) groups excluding carboxylic acids is 2. The highest BCUT2D eigenvalue weighted by atomic mass is 16.3. The lowest BCUT2D eigenvalue weighted by Gasteiger charge is -2.55. The fraction of sp³-hybridized carbons (Fsp3) is 0.667. The van der Waals surface area contributed by atoms with E-state index in [1.807, 2.05) is 24.3 Å². The molecule has 0 saturated heterocycles. The molecular weight excluding hydrogens is 568 g/mol. The predicted molar refractivity (Wildman–Crippen MR) is 181 cm³/mol. The van der Waals surface area contributed by atoms with Gasteiger partial charge in [-0.1, -0.05) is 49.0 Å². The Labute approximate surface area is 276 Å². The van der Waals surface area contributed by atoms with Gasteiger partial charge in [0.2, 0.25) is 0 Å². The number of allylic oxidation sites excluding steroid dienone is 6. The lowest BCUT2D eigenvalue weighted by Crippen LogP contribution is -2.54. The molecule has 8 aliphatic carbocycles. The van der Waals surface area contributed by atoms with Gasteiger partial charge in [-0.25, -0.2) is 0 Å². The minimum Gasteiger partial charge on any atom is -0.373 e. The van der Waals surface area contributed by atoms with E-state index >= 15 is 0 Å². The number of hydrogen-bond acceptors (Lipinski definition) is 4. The van der Waals surface area contributed by atoms with Crippen molar-refractivity contribution in [2.24, 2.45) is 58.2 Å². The molecule has 46 heavy (non-hydrogen) atoms. The molecule has 0 bridgehead atoms. The Balaban J connectivity index is 0.000000147. The normalized spacial score (nSPS) is 48.0. The number of terminal acetylenes is 2. The Morgan fingerprint density at radius 1 is 0.652 bits per heavy atom. The molecule has 0 unspecified atom stereocenters. The van der Waals surface area contributed by atoms with E-state index in [9.17, 15) is 19.8 Å². The largest absolute Gasteiger partial charge is 0.373 e. The van der Waals surface area contributed by atoms with E-state index in [1.54, 1.807) is 0 Å². The van der Waals surface area contributed by atoms with Crippen molar-refractivity contribution in [1.29, 1.82) is 0 Å². The highest BCUT2D eigenvalue weighted by Gasteiger charge is 2.62. The first-order valence-electron chi connectivity index (χ1n) is 18.3. The summed E-state index contributed by atoms with van der Waals surface area (Å²) in [5, 5.41) is 22.0. The number of rotatable bonds is 2. The molecule has 0 aromatic heterocycles. The van der Waals surface area contributed by atoms with E-state index in [2.05, 4.69) is 37.8 Å². The third-order valence-electron chi connectivity index (χ3n) is 15.1. The third kappa shape index (κ3) is 4.42. The lowest BCUT2D eigenvalue weighted by atomic mass is 9.49. The zero-order valence-electron chi connectivity index (χ0n) is 27.8. The molecule has 0 spiro atoms. The summed E-state index contributed by atoms with van der Waals surface area (Å²) in [4.78, 5) is 23.5. The van der Waals surface area contributed by atoms with Crippen LogP contribution in [0.2, 0.25) is 0 Å². The molecule has 4 saturated carbocycles. The Hall–Kier alpha value is -2.66. The zero-order chi connectivity index (χ0) is 32.5. The van der Waals surface area contributed by atoms with Crippen molar-refractivity contribution in [2.75, 3.05) is 0 Å². The van der Waals surface area contributed by atoms with Gasteiger partial charge in [-0.3, -0.25) is 9.59 Å². The fourth-order valence-corrected chi connectivity index (χ4v) is 12.8. The van der Waals surface area contributed by atoms with Gasteiger partial charge in [-0.05, 0) is 149 Å². The number of fused-ring (bicyclic) bond motifs is 10. The van der Waals surface area contributed by atoms with E-state index < -0.39 is 11.2 Å². The maximum atomic E-state index is 11.7. The van der Waals surface area contributed by atoms with Gasteiger partial charge >= 0.3 is 0 Å². The molecule has 244 valence electrons. The van der Waals surface area contributed by atoms with Crippen LogP contribution < -0.4 is 0 Å². The summed E-state index contributed by atoms with van der Waals surface area (Å²) < 4.78 is 0. The number of aliphatic hydroxyl groups is 2. The molecule has 0 aromatic rings. The van der Waals surface area contributed by atoms with Crippen molar-refractivity contribution in [3.8, 4) is 24.7 Å². The second kappa shape index (κ2) is 11.5. The number of carbonyl (C=O) groups is 2. The molecule has 4 heteroatoms. The molecule has 0 aromatic carbocycles. The molecular formula is C42H52O4. The van der Waals surface area contributed by atoms with Gasteiger partial charge in [0, 0.05) is 23.7 Å². The van der Waals surface area contributed by atoms with E-state index in [1.165, 1.54) is 11.1 Å². The second-order valence-corrected chi connectivity index (χ2v) is 16.1. The SMILES string of the molecule is C#C[C@]1(O)C=C[C@H]2[C@@H]3CCC4=CC(=O)CC[C@@H]4[C@H]3CC[C@@]21CC.C#C[C@]1(O)C=C[C@H]2[C@@H]3CCC4=CC(=O)CC[C@@H]4[C@H]3CC[C@@]21CC. The Morgan fingerprint density at radius 2 is 1.07 bits per heavy atom. The predicted octanol–water partition coefficient (Wildman–Crippen LogP) is 7.32. The average molecular weight is 621 g/mol. The van der Waals surface area contributed by atoms with Crippen molar-refractivity contribution in [3.63, 3.8) is 0 Å². The number of ketones is 2. The highest BCUT2D eigenvalue weighted by Crippen LogP contribution is 2.65. The topological polar surface area (TPSA) is 74.6 Å². The van der Waals surface area contributed by atoms with E-state index in [0.29, 0.717) is 71.8 Å². The fourth-order valence-electron chi connectivity index (χ4n) is 12.8. The summed E-state index contributed by atoms with van der Waals surface area (Å²) in [6.45, 7) is 4.35. The van der Waals surface area contributed by atoms with Crippen molar-refractivity contribution in [1.82, 2.24) is 0 Å². The first-order valence-corrected chi connectivity index (χ1v) is 18.3. The van der Waals surface area contributed by atoms with Crippen molar-refractivity contribution < 1.29 is 19.8 Å². The van der Waals surface area contributed by atoms with E-state index in [0.717, 1.165) is 77.0 Å². The second-order valence-electron chi connectivity index (χ2n) is 16.1. The summed E-state index contributed by atoms with van der Waals surface area (Å²) >= 11 is 0. The molecule has 4 nitrogen and oxygen atoms in total. The maximum absolute atomic E-state index is 11.7. The molecule has 8 rings (SSSR count). The van der Waals surface area contributed by atoms with E-state index in [4.69, 9.17) is 12.8 Å². The smallest absolute Gasteiger partial charge is 0.155 e. The van der Waals surface area contributed by atoms with Crippen molar-refractivity contribution >= 4 is 11.6 Å². The van der Waals surface area contributed by atoms with Crippen LogP contribution in [0.25, 0.3) is 0 Å². The Morgan fingerprint density at radius 3 is 1.43 bits per heavy atom. The van der Waals surface area contributed by atoms with Gasteiger partial charge in [0.25, 0.3) is 0 Å². The molecule has 0 heterocycles. The van der Waals surface area contributed by atoms with Gasteiger partial charge in [-0.2, -0.15) is 0 Å². The molecule has 0 radical (unpaired) electrons. The third-order valence-corrected chi connectivity index (χ3v) is 15.1. The molecule has 2 N–H and O–H groups in total. The minimum atomic E-state index is -1.07. The van der Waals surface area contributed by atoms with Crippen LogP contribution in [0.15, 0.2) is 47.6 Å². The molecule has 0 aliphatic heterocycles. The van der Waals surface area contributed by atoms with Crippen LogP contribution in [-0.2, 0) is 9.59 Å². The summed E-state index contributed by atoms with van der Waals surface area (Å²) in [5.41, 5.74) is 0.316. The van der Waals surface area contributed by atoms with Gasteiger partial charge in [0.05, 0.1) is 0 Å². The lowest BCUT2D eigenvalue weighted by molar-refractivity contribution is -0.117. The molecule has 4 fully saturated rings. The van der Waals surface area contributed by atoms with Crippen molar-refractivity contribution in [2.45, 2.75) is 115 Å².